The minimum Gasteiger partial charge on any atom is -0.497 e. The summed E-state index contributed by atoms with van der Waals surface area (Å²) in [6, 6.07) is 43.1. The molecule has 12 nitrogen and oxygen atoms in total. The van der Waals surface area contributed by atoms with Crippen molar-refractivity contribution in [2.45, 2.75) is 181 Å². The van der Waals surface area contributed by atoms with Crippen LogP contribution in [0.4, 0.5) is 5.69 Å². The molecular weight excluding hydrogens is 1090 g/mol. The zero-order chi connectivity index (χ0) is 62.1. The third kappa shape index (κ3) is 16.2. The second kappa shape index (κ2) is 31.2. The number of rotatable bonds is 31. The van der Waals surface area contributed by atoms with Crippen molar-refractivity contribution < 1.29 is 33.8 Å². The smallest absolute Gasteiger partial charge is 0.246 e. The number of allylic oxidation sites excluding steroid dienone is 1. The number of anilines is 1. The molecule has 12 heteroatoms. The third-order valence-electron chi connectivity index (χ3n) is 21.1. The van der Waals surface area contributed by atoms with Crippen LogP contribution < -0.4 is 31.3 Å². The van der Waals surface area contributed by atoms with Crippen molar-refractivity contribution >= 4 is 29.3 Å². The fourth-order valence-electron chi connectivity index (χ4n) is 16.2. The molecule has 3 saturated carbocycles. The summed E-state index contributed by atoms with van der Waals surface area (Å²) in [4.78, 5) is 55.7. The molecule has 3 fully saturated rings. The lowest BCUT2D eigenvalue weighted by molar-refractivity contribution is -0.131. The number of nitrogens with one attached hydrogen (secondary N) is 5. The summed E-state index contributed by atoms with van der Waals surface area (Å²) in [7, 11) is 1.66. The molecule has 4 aliphatic rings. The number of benzene rings is 5. The van der Waals surface area contributed by atoms with E-state index in [0.717, 1.165) is 76.4 Å². The van der Waals surface area contributed by atoms with Crippen LogP contribution in [0.2, 0.25) is 0 Å². The molecule has 472 valence electrons. The van der Waals surface area contributed by atoms with E-state index >= 15 is 0 Å². The number of fused-ring (bicyclic) bond motifs is 5. The Balaban J connectivity index is 0.765. The van der Waals surface area contributed by atoms with Crippen molar-refractivity contribution in [3.05, 3.63) is 179 Å². The Hall–Kier alpha value is -6.60. The minimum absolute atomic E-state index is 0.0374. The molecule has 0 bridgehead atoms. The summed E-state index contributed by atoms with van der Waals surface area (Å²) < 4.78 is 12.1. The van der Waals surface area contributed by atoms with Gasteiger partial charge in [0.1, 0.15) is 17.8 Å². The van der Waals surface area contributed by atoms with Gasteiger partial charge < -0.3 is 35.8 Å². The van der Waals surface area contributed by atoms with Crippen LogP contribution >= 0.6 is 0 Å². The Bertz CT molecular complexity index is 3010. The van der Waals surface area contributed by atoms with Crippen molar-refractivity contribution in [1.82, 2.24) is 21.3 Å². The average molecular weight is 1200 g/mol. The van der Waals surface area contributed by atoms with Crippen molar-refractivity contribution in [3.63, 3.8) is 0 Å². The fourth-order valence-corrected chi connectivity index (χ4v) is 16.2. The predicted octanol–water partition coefficient (Wildman–Crippen LogP) is 13.8. The number of unbranched alkanes of at least 4 members (excludes halogenated alkanes) is 1. The number of ether oxygens (including phenoxy) is 2. The quantitative estimate of drug-likeness (QED) is 0.0145. The molecule has 6 N–H and O–H groups in total. The zero-order valence-corrected chi connectivity index (χ0v) is 53.5. The van der Waals surface area contributed by atoms with Crippen LogP contribution in [0.1, 0.15) is 172 Å². The van der Waals surface area contributed by atoms with Gasteiger partial charge in [0.2, 0.25) is 23.6 Å². The maximum atomic E-state index is 14.5. The average Bonchev–Trinajstić information content (AvgIpc) is 1.43. The minimum atomic E-state index is -1.03. The summed E-state index contributed by atoms with van der Waals surface area (Å²) >= 11 is 0. The van der Waals surface area contributed by atoms with Gasteiger partial charge in [-0.15, -0.1) is 0 Å². The number of carbonyl (C=O) groups excluding carboxylic acids is 4. The van der Waals surface area contributed by atoms with Crippen LogP contribution in [0.5, 0.6) is 5.75 Å². The number of carbonyl (C=O) groups is 4. The van der Waals surface area contributed by atoms with Gasteiger partial charge in [-0.3, -0.25) is 24.5 Å². The molecule has 0 aliphatic heterocycles. The van der Waals surface area contributed by atoms with Crippen LogP contribution in [-0.2, 0) is 42.5 Å². The summed E-state index contributed by atoms with van der Waals surface area (Å²) in [6.07, 6.45) is 19.2. The van der Waals surface area contributed by atoms with Crippen molar-refractivity contribution in [3.8, 4) is 5.75 Å². The van der Waals surface area contributed by atoms with Gasteiger partial charge in [0.15, 0.2) is 0 Å². The first-order valence-electron chi connectivity index (χ1n) is 33.4. The summed E-state index contributed by atoms with van der Waals surface area (Å²) in [6.45, 7) is 14.0. The van der Waals surface area contributed by atoms with Gasteiger partial charge in [-0.05, 0) is 182 Å². The normalized spacial score (nSPS) is 23.3. The molecule has 0 heterocycles. The van der Waals surface area contributed by atoms with Gasteiger partial charge in [0.25, 0.3) is 0 Å². The summed E-state index contributed by atoms with van der Waals surface area (Å²) in [5.41, 5.74) is 6.87. The van der Waals surface area contributed by atoms with Gasteiger partial charge in [-0.1, -0.05) is 181 Å². The molecule has 0 aromatic heterocycles. The molecule has 5 aromatic rings. The SMILES string of the molecule is COc1ccc(C(NCCCC[C@H](NC(=O)[C@H](Cc2ccccc2)NC(=O)CCC(=O)NCCCO[C@H]2CC[C@@]3(C)C(=CC[C@H]4[C@@H]5CC[C@H]([C@H](C)CCCC(C)C)[C@@]5(C)CC[C@@H]43)C2)C(=O)Nc2ccc(CO)cc2)(c2ccccc2)c2ccccc2)cc1. The van der Waals surface area contributed by atoms with Gasteiger partial charge in [-0.25, -0.2) is 0 Å². The van der Waals surface area contributed by atoms with Gasteiger partial charge >= 0.3 is 0 Å². The molecule has 0 unspecified atom stereocenters. The van der Waals surface area contributed by atoms with Gasteiger partial charge in [0, 0.05) is 38.1 Å². The topological polar surface area (TPSA) is 167 Å². The molecule has 5 aromatic carbocycles. The molecule has 4 amide bonds. The number of hydrogen-bond donors (Lipinski definition) is 6. The lowest BCUT2D eigenvalue weighted by Gasteiger charge is -2.58. The summed E-state index contributed by atoms with van der Waals surface area (Å²) in [5.74, 6) is 4.08. The number of amides is 4. The molecule has 4 aliphatic carbocycles. The van der Waals surface area contributed by atoms with E-state index in [4.69, 9.17) is 9.47 Å². The van der Waals surface area contributed by atoms with E-state index in [9.17, 15) is 24.3 Å². The monoisotopic (exact) mass is 1200 g/mol. The second-order valence-corrected chi connectivity index (χ2v) is 27.1. The molecule has 0 saturated heterocycles. The molecule has 88 heavy (non-hydrogen) atoms. The van der Waals surface area contributed by atoms with E-state index in [1.165, 1.54) is 57.8 Å². The highest BCUT2D eigenvalue weighted by Gasteiger charge is 2.59. The van der Waals surface area contributed by atoms with Crippen LogP contribution in [0.15, 0.2) is 151 Å². The Morgan fingerprint density at radius 1 is 0.636 bits per heavy atom. The number of aliphatic hydroxyl groups excluding tert-OH is 1. The Kier molecular flexibility index (Phi) is 23.4. The Labute approximate surface area is 525 Å². The van der Waals surface area contributed by atoms with E-state index in [-0.39, 0.29) is 43.3 Å². The lowest BCUT2D eigenvalue weighted by atomic mass is 9.47. The third-order valence-corrected chi connectivity index (χ3v) is 21.1. The standard InChI is InChI=1S/C76H101N5O7/c1-53(2)20-18-21-54(3)65-39-40-66-64-38-33-60-51-63(43-45-74(60,4)67(64)44-46-75(65,66)5)88-49-19-47-77-70(83)41-42-71(84)80-69(50-55-22-10-7-11-23-55)73(86)81-68(72(85)79-61-34-29-56(52-82)30-35-61)28-16-17-48-78-76(57-24-12-8-13-25-57,58-26-14-9-15-27-58)59-31-36-62(87-6)37-32-59/h7-15,22-27,29-37,53-54,63-69,78,82H,16-21,28,38-52H2,1-6H3,(H,77,83)(H,79,85)(H,80,84)(H,81,86)/t54-,63+,64+,65-,66+,67+,68+,69+,74+,75-/m1/s1. The highest BCUT2D eigenvalue weighted by molar-refractivity contribution is 5.98. The highest BCUT2D eigenvalue weighted by atomic mass is 16.5. The first-order chi connectivity index (χ1) is 42.6. The van der Waals surface area contributed by atoms with Gasteiger partial charge in [-0.2, -0.15) is 0 Å². The summed E-state index contributed by atoms with van der Waals surface area (Å²) in [5, 5.41) is 25.5. The lowest BCUT2D eigenvalue weighted by Crippen LogP contribution is -2.53. The first-order valence-corrected chi connectivity index (χ1v) is 33.4. The highest BCUT2D eigenvalue weighted by Crippen LogP contribution is 2.67. The molecule has 9 rings (SSSR count). The molecule has 10 atom stereocenters. The molecule has 0 spiro atoms. The van der Waals surface area contributed by atoms with E-state index in [2.05, 4.69) is 104 Å². The maximum Gasteiger partial charge on any atom is 0.246 e. The van der Waals surface area contributed by atoms with Crippen LogP contribution in [0, 0.1) is 46.3 Å². The van der Waals surface area contributed by atoms with E-state index in [1.807, 2.05) is 78.9 Å². The Morgan fingerprint density at radius 2 is 1.31 bits per heavy atom. The van der Waals surface area contributed by atoms with Crippen molar-refractivity contribution in [1.29, 1.82) is 0 Å². The zero-order valence-electron chi connectivity index (χ0n) is 53.5. The van der Waals surface area contributed by atoms with E-state index < -0.39 is 35.3 Å². The maximum absolute atomic E-state index is 14.5. The van der Waals surface area contributed by atoms with Crippen LogP contribution in [-0.4, -0.2) is 73.7 Å². The fraction of sp³-hybridized carbons (Fsp3) is 0.526. The van der Waals surface area contributed by atoms with Crippen LogP contribution in [0.25, 0.3) is 0 Å². The predicted molar refractivity (Wildman–Crippen MR) is 352 cm³/mol. The van der Waals surface area contributed by atoms with Crippen molar-refractivity contribution in [2.75, 3.05) is 32.1 Å². The number of hydrogen-bond acceptors (Lipinski definition) is 8. The van der Waals surface area contributed by atoms with Crippen molar-refractivity contribution in [2.24, 2.45) is 46.3 Å². The first kappa shape index (κ1) is 65.8. The number of methoxy groups -OCH3 is 1. The largest absolute Gasteiger partial charge is 0.497 e. The van der Waals surface area contributed by atoms with Gasteiger partial charge in [0.05, 0.1) is 25.4 Å². The second-order valence-electron chi connectivity index (χ2n) is 27.1. The van der Waals surface area contributed by atoms with E-state index in [0.29, 0.717) is 62.0 Å². The Morgan fingerprint density at radius 3 is 1.98 bits per heavy atom. The van der Waals surface area contributed by atoms with Crippen LogP contribution in [0.3, 0.4) is 0 Å². The number of aliphatic hydroxyl groups is 1. The van der Waals surface area contributed by atoms with E-state index in [1.54, 1.807) is 36.9 Å². The molecular formula is C76H101N5O7. The molecule has 0 radical (unpaired) electrons.